The van der Waals surface area contributed by atoms with E-state index in [0.717, 1.165) is 11.1 Å². The van der Waals surface area contributed by atoms with Crippen LogP contribution in [0.1, 0.15) is 29.7 Å². The molecule has 0 aliphatic carbocycles. The van der Waals surface area contributed by atoms with Gasteiger partial charge in [0.05, 0.1) is 11.9 Å². The molecule has 1 aromatic heterocycles. The molecule has 1 unspecified atom stereocenters. The fourth-order valence-corrected chi connectivity index (χ4v) is 3.28. The number of benzene rings is 3. The fraction of sp³-hybridized carbons (Fsp3) is 0.120. The van der Waals surface area contributed by atoms with E-state index in [9.17, 15) is 5.26 Å². The summed E-state index contributed by atoms with van der Waals surface area (Å²) in [4.78, 5) is 4.07. The number of halogens is 1. The molecule has 0 aliphatic rings. The van der Waals surface area contributed by atoms with E-state index in [1.54, 1.807) is 12.5 Å². The first-order chi connectivity index (χ1) is 14.2. The zero-order valence-corrected chi connectivity index (χ0v) is 17.4. The van der Waals surface area contributed by atoms with Gasteiger partial charge >= 0.3 is 0 Å². The molecule has 150 valence electrons. The van der Waals surface area contributed by atoms with E-state index in [1.165, 1.54) is 11.1 Å². The summed E-state index contributed by atoms with van der Waals surface area (Å²) in [5.74, 6) is 0.602. The normalized spacial score (nSPS) is 11.2. The summed E-state index contributed by atoms with van der Waals surface area (Å²) in [5.41, 5.74) is 5.01. The Balaban J connectivity index is 0.00000256. The zero-order chi connectivity index (χ0) is 20.1. The van der Waals surface area contributed by atoms with Crippen LogP contribution in [0, 0.1) is 11.3 Å². The van der Waals surface area contributed by atoms with Crippen LogP contribution in [0.25, 0.3) is 11.1 Å². The summed E-state index contributed by atoms with van der Waals surface area (Å²) in [5, 5.41) is 9.47. The lowest BCUT2D eigenvalue weighted by molar-refractivity contribution is 0.226. The summed E-state index contributed by atoms with van der Waals surface area (Å²) < 4.78 is 8.16. The molecule has 0 amide bonds. The van der Waals surface area contributed by atoms with Crippen molar-refractivity contribution in [3.05, 3.63) is 108 Å². The van der Waals surface area contributed by atoms with E-state index in [1.807, 2.05) is 54.1 Å². The van der Waals surface area contributed by atoms with Gasteiger partial charge in [-0.1, -0.05) is 60.7 Å². The van der Waals surface area contributed by atoms with Gasteiger partial charge in [0.1, 0.15) is 17.9 Å². The van der Waals surface area contributed by atoms with Crippen LogP contribution < -0.4 is 4.74 Å². The van der Waals surface area contributed by atoms with E-state index in [4.69, 9.17) is 4.74 Å². The maximum Gasteiger partial charge on any atom is 0.138 e. The van der Waals surface area contributed by atoms with E-state index in [2.05, 4.69) is 47.5 Å². The molecule has 1 atom stereocenters. The Kier molecular flexibility index (Phi) is 6.90. The van der Waals surface area contributed by atoms with Gasteiger partial charge in [0.15, 0.2) is 0 Å². The average molecular weight is 416 g/mol. The molecule has 4 nitrogen and oxygen atoms in total. The van der Waals surface area contributed by atoms with E-state index >= 15 is 0 Å². The van der Waals surface area contributed by atoms with Crippen LogP contribution in [0.3, 0.4) is 0 Å². The van der Waals surface area contributed by atoms with E-state index in [-0.39, 0.29) is 18.5 Å². The quantitative estimate of drug-likeness (QED) is 0.386. The summed E-state index contributed by atoms with van der Waals surface area (Å²) in [6.45, 7) is 2.68. The molecule has 0 fully saturated rings. The van der Waals surface area contributed by atoms with Gasteiger partial charge in [-0.05, 0) is 41.3 Å². The Morgan fingerprint density at radius 2 is 1.73 bits per heavy atom. The largest absolute Gasteiger partial charge is 0.485 e. The standard InChI is InChI=1S/C25H21N3O.ClH/c1-19(21-9-11-23(12-10-21)22-5-3-2-4-6-22)29-25-15-20(7-8-24(25)16-26)17-28-14-13-27-18-28;/h2-15,18-19H,17H2,1H3;1H. The monoisotopic (exact) mass is 415 g/mol. The maximum absolute atomic E-state index is 9.47. The van der Waals surface area contributed by atoms with Crippen LogP contribution in [-0.4, -0.2) is 9.55 Å². The first-order valence-electron chi connectivity index (χ1n) is 9.54. The van der Waals surface area contributed by atoms with Crippen molar-refractivity contribution >= 4 is 12.4 Å². The van der Waals surface area contributed by atoms with Crippen molar-refractivity contribution < 1.29 is 4.74 Å². The van der Waals surface area contributed by atoms with E-state index < -0.39 is 0 Å². The smallest absolute Gasteiger partial charge is 0.138 e. The maximum atomic E-state index is 9.47. The van der Waals surface area contributed by atoms with Crippen molar-refractivity contribution in [1.82, 2.24) is 9.55 Å². The molecule has 1 heterocycles. The molecule has 4 rings (SSSR count). The summed E-state index contributed by atoms with van der Waals surface area (Å²) >= 11 is 0. The highest BCUT2D eigenvalue weighted by molar-refractivity contribution is 5.85. The third-order valence-corrected chi connectivity index (χ3v) is 4.88. The minimum Gasteiger partial charge on any atom is -0.485 e. The molecule has 3 aromatic carbocycles. The van der Waals surface area contributed by atoms with Crippen molar-refractivity contribution in [3.63, 3.8) is 0 Å². The van der Waals surface area contributed by atoms with Gasteiger partial charge in [-0.15, -0.1) is 12.4 Å². The van der Waals surface area contributed by atoms with Gasteiger partial charge in [-0.2, -0.15) is 5.26 Å². The average Bonchev–Trinajstić information content (AvgIpc) is 3.28. The van der Waals surface area contributed by atoms with Crippen molar-refractivity contribution in [2.24, 2.45) is 0 Å². The summed E-state index contributed by atoms with van der Waals surface area (Å²) in [6.07, 6.45) is 5.27. The minimum atomic E-state index is -0.171. The SMILES string of the molecule is CC(Oc1cc(Cn2ccnc2)ccc1C#N)c1ccc(-c2ccccc2)cc1.Cl. The van der Waals surface area contributed by atoms with Crippen LogP contribution in [0.5, 0.6) is 5.75 Å². The highest BCUT2D eigenvalue weighted by Gasteiger charge is 2.12. The Labute approximate surface area is 182 Å². The van der Waals surface area contributed by atoms with Gasteiger partial charge < -0.3 is 9.30 Å². The Morgan fingerprint density at radius 1 is 1.00 bits per heavy atom. The molecule has 0 spiro atoms. The third kappa shape index (κ3) is 4.89. The third-order valence-electron chi connectivity index (χ3n) is 4.88. The van der Waals surface area contributed by atoms with Crippen LogP contribution in [0.2, 0.25) is 0 Å². The molecule has 0 saturated heterocycles. The lowest BCUT2D eigenvalue weighted by Crippen LogP contribution is -2.05. The number of ether oxygens (including phenoxy) is 1. The molecule has 0 N–H and O–H groups in total. The fourth-order valence-electron chi connectivity index (χ4n) is 3.28. The molecular formula is C25H22ClN3O. The predicted molar refractivity (Wildman–Crippen MR) is 121 cm³/mol. The van der Waals surface area contributed by atoms with Crippen molar-refractivity contribution in [2.45, 2.75) is 19.6 Å². The number of aromatic nitrogens is 2. The van der Waals surface area contributed by atoms with Gasteiger partial charge in [0.25, 0.3) is 0 Å². The molecule has 4 aromatic rings. The van der Waals surface area contributed by atoms with Gasteiger partial charge in [-0.25, -0.2) is 4.98 Å². The topological polar surface area (TPSA) is 50.8 Å². The highest BCUT2D eigenvalue weighted by atomic mass is 35.5. The second-order valence-electron chi connectivity index (χ2n) is 6.93. The highest BCUT2D eigenvalue weighted by Crippen LogP contribution is 2.28. The second-order valence-corrected chi connectivity index (χ2v) is 6.93. The molecule has 5 heteroatoms. The lowest BCUT2D eigenvalue weighted by atomic mass is 10.0. The van der Waals surface area contributed by atoms with Crippen LogP contribution in [0.4, 0.5) is 0 Å². The second kappa shape index (κ2) is 9.78. The number of rotatable bonds is 6. The number of nitriles is 1. The van der Waals surface area contributed by atoms with Crippen LogP contribution in [0.15, 0.2) is 91.5 Å². The van der Waals surface area contributed by atoms with Gasteiger partial charge in [0, 0.05) is 18.9 Å². The van der Waals surface area contributed by atoms with Crippen LogP contribution >= 0.6 is 12.4 Å². The summed E-state index contributed by atoms with van der Waals surface area (Å²) in [6, 6.07) is 26.6. The Bertz CT molecular complexity index is 1120. The summed E-state index contributed by atoms with van der Waals surface area (Å²) in [7, 11) is 0. The van der Waals surface area contributed by atoms with Crippen LogP contribution in [-0.2, 0) is 6.54 Å². The molecule has 0 radical (unpaired) electrons. The molecule has 0 bridgehead atoms. The van der Waals surface area contributed by atoms with Gasteiger partial charge in [-0.3, -0.25) is 0 Å². The number of imidazole rings is 1. The first-order valence-corrected chi connectivity index (χ1v) is 9.54. The first kappa shape index (κ1) is 21.2. The molecule has 30 heavy (non-hydrogen) atoms. The Hall–Kier alpha value is -3.55. The molecule has 0 aliphatic heterocycles. The Morgan fingerprint density at radius 3 is 2.40 bits per heavy atom. The van der Waals surface area contributed by atoms with Crippen molar-refractivity contribution in [1.29, 1.82) is 5.26 Å². The number of hydrogen-bond donors (Lipinski definition) is 0. The number of hydrogen-bond acceptors (Lipinski definition) is 3. The van der Waals surface area contributed by atoms with Crippen molar-refractivity contribution in [2.75, 3.05) is 0 Å². The predicted octanol–water partition coefficient (Wildman–Crippen LogP) is 6.03. The minimum absolute atomic E-state index is 0. The molecular weight excluding hydrogens is 394 g/mol. The van der Waals surface area contributed by atoms with E-state index in [0.29, 0.717) is 17.9 Å². The van der Waals surface area contributed by atoms with Gasteiger partial charge in [0.2, 0.25) is 0 Å². The number of nitrogens with zero attached hydrogens (tertiary/aromatic N) is 3. The zero-order valence-electron chi connectivity index (χ0n) is 16.6. The van der Waals surface area contributed by atoms with Crippen molar-refractivity contribution in [3.8, 4) is 22.9 Å². The molecule has 0 saturated carbocycles. The lowest BCUT2D eigenvalue weighted by Gasteiger charge is -2.17.